The summed E-state index contributed by atoms with van der Waals surface area (Å²) in [5.74, 6) is 0.845. The van der Waals surface area contributed by atoms with E-state index in [0.717, 1.165) is 30.3 Å². The molecule has 0 radical (unpaired) electrons. The second kappa shape index (κ2) is 4.39. The minimum Gasteiger partial charge on any atom is -0.368 e. The molecule has 15 heavy (non-hydrogen) atoms. The number of nitrogens with zero attached hydrogens (tertiary/aromatic N) is 4. The molecule has 0 atom stereocenters. The van der Waals surface area contributed by atoms with E-state index in [0.29, 0.717) is 0 Å². The maximum atomic E-state index is 4.29. The summed E-state index contributed by atoms with van der Waals surface area (Å²) < 4.78 is 10.4. The topological polar surface area (TPSA) is 55.6 Å². The van der Waals surface area contributed by atoms with Crippen LogP contribution in [0.4, 0.5) is 5.82 Å². The number of anilines is 1. The summed E-state index contributed by atoms with van der Waals surface area (Å²) in [5.41, 5.74) is 1.91. The van der Waals surface area contributed by atoms with Crippen molar-refractivity contribution in [2.24, 2.45) is 0 Å². The van der Waals surface area contributed by atoms with Gasteiger partial charge in [0.15, 0.2) is 5.82 Å². The van der Waals surface area contributed by atoms with Gasteiger partial charge in [-0.25, -0.2) is 0 Å². The number of hydrogen-bond acceptors (Lipinski definition) is 5. The van der Waals surface area contributed by atoms with E-state index < -0.39 is 0 Å². The molecule has 0 saturated carbocycles. The van der Waals surface area contributed by atoms with Crippen LogP contribution in [0.5, 0.6) is 0 Å². The van der Waals surface area contributed by atoms with Crippen molar-refractivity contribution in [2.75, 3.05) is 11.9 Å². The fraction of sp³-hybridized carbons (Fsp3) is 0.444. The minimum atomic E-state index is 0.839. The molecule has 0 aliphatic rings. The van der Waals surface area contributed by atoms with Crippen molar-refractivity contribution in [1.29, 1.82) is 0 Å². The molecule has 0 saturated heterocycles. The van der Waals surface area contributed by atoms with Crippen LogP contribution in [0, 0.1) is 0 Å². The summed E-state index contributed by atoms with van der Waals surface area (Å²) in [4.78, 5) is 0. The smallest absolute Gasteiger partial charge is 0.169 e. The van der Waals surface area contributed by atoms with Gasteiger partial charge in [0.05, 0.1) is 17.4 Å². The van der Waals surface area contributed by atoms with Crippen molar-refractivity contribution in [3.05, 3.63) is 12.3 Å². The monoisotopic (exact) mass is 223 g/mol. The average molecular weight is 223 g/mol. The van der Waals surface area contributed by atoms with Crippen molar-refractivity contribution in [3.63, 3.8) is 0 Å². The molecular formula is C9H13N5S. The van der Waals surface area contributed by atoms with Crippen LogP contribution in [0.15, 0.2) is 12.3 Å². The predicted molar refractivity (Wildman–Crippen MR) is 61.0 cm³/mol. The van der Waals surface area contributed by atoms with Gasteiger partial charge >= 0.3 is 0 Å². The molecule has 0 spiro atoms. The second-order valence-electron chi connectivity index (χ2n) is 3.02. The third-order valence-electron chi connectivity index (χ3n) is 2.09. The lowest BCUT2D eigenvalue weighted by molar-refractivity contribution is 0.666. The van der Waals surface area contributed by atoms with Crippen LogP contribution >= 0.6 is 11.7 Å². The number of aromatic nitrogens is 4. The Morgan fingerprint density at radius 3 is 3.00 bits per heavy atom. The molecular weight excluding hydrogens is 210 g/mol. The zero-order valence-electron chi connectivity index (χ0n) is 8.77. The summed E-state index contributed by atoms with van der Waals surface area (Å²) in [6.45, 7) is 5.79. The van der Waals surface area contributed by atoms with Gasteiger partial charge in [0, 0.05) is 19.3 Å². The molecule has 6 heteroatoms. The highest BCUT2D eigenvalue weighted by molar-refractivity contribution is 6.99. The molecule has 0 aromatic carbocycles. The summed E-state index contributed by atoms with van der Waals surface area (Å²) in [6, 6.07) is 1.96. The molecule has 2 heterocycles. The minimum absolute atomic E-state index is 0.839. The molecule has 2 aromatic rings. The van der Waals surface area contributed by atoms with Crippen LogP contribution in [0.1, 0.15) is 13.8 Å². The maximum absolute atomic E-state index is 4.29. The van der Waals surface area contributed by atoms with Gasteiger partial charge in [-0.3, -0.25) is 4.68 Å². The van der Waals surface area contributed by atoms with Crippen molar-refractivity contribution in [2.45, 2.75) is 20.4 Å². The number of hydrogen-bond donors (Lipinski definition) is 1. The molecule has 80 valence electrons. The van der Waals surface area contributed by atoms with Crippen LogP contribution in [0.2, 0.25) is 0 Å². The van der Waals surface area contributed by atoms with E-state index >= 15 is 0 Å². The van der Waals surface area contributed by atoms with Crippen LogP contribution in [-0.4, -0.2) is 25.1 Å². The Kier molecular flexibility index (Phi) is 2.96. The van der Waals surface area contributed by atoms with Gasteiger partial charge in [-0.2, -0.15) is 13.8 Å². The van der Waals surface area contributed by atoms with Crippen LogP contribution in [0.25, 0.3) is 11.4 Å². The largest absolute Gasteiger partial charge is 0.368 e. The Balaban J connectivity index is 2.40. The van der Waals surface area contributed by atoms with Crippen LogP contribution in [0.3, 0.4) is 0 Å². The first-order valence-electron chi connectivity index (χ1n) is 4.95. The van der Waals surface area contributed by atoms with Crippen molar-refractivity contribution in [3.8, 4) is 11.4 Å². The molecule has 5 nitrogen and oxygen atoms in total. The zero-order chi connectivity index (χ0) is 10.7. The summed E-state index contributed by atoms with van der Waals surface area (Å²) in [6.07, 6.45) is 1.79. The standard InChI is InChI=1S/C9H13N5S/c1-3-10-9-8(12-15-13-9)7-5-6-11-14(7)4-2/h5-6H,3-4H2,1-2H3,(H,10,13). The van der Waals surface area contributed by atoms with E-state index in [1.807, 2.05) is 17.7 Å². The van der Waals surface area contributed by atoms with Gasteiger partial charge in [0.25, 0.3) is 0 Å². The molecule has 0 bridgehead atoms. The highest BCUT2D eigenvalue weighted by Crippen LogP contribution is 2.25. The maximum Gasteiger partial charge on any atom is 0.169 e. The predicted octanol–water partition coefficient (Wildman–Crippen LogP) is 1.85. The van der Waals surface area contributed by atoms with Crippen molar-refractivity contribution < 1.29 is 0 Å². The fourth-order valence-corrected chi connectivity index (χ4v) is 1.96. The molecule has 0 unspecified atom stereocenters. The molecule has 0 fully saturated rings. The van der Waals surface area contributed by atoms with Gasteiger partial charge < -0.3 is 5.32 Å². The van der Waals surface area contributed by atoms with Gasteiger partial charge in [0.1, 0.15) is 5.69 Å². The lowest BCUT2D eigenvalue weighted by Gasteiger charge is -2.04. The summed E-state index contributed by atoms with van der Waals surface area (Å²) >= 11 is 1.22. The van der Waals surface area contributed by atoms with Gasteiger partial charge in [-0.05, 0) is 19.9 Å². The van der Waals surface area contributed by atoms with E-state index in [2.05, 4.69) is 26.1 Å². The summed E-state index contributed by atoms with van der Waals surface area (Å²) in [5, 5.41) is 7.41. The molecule has 0 aliphatic carbocycles. The number of nitrogens with one attached hydrogen (secondary N) is 1. The Labute approximate surface area is 92.5 Å². The van der Waals surface area contributed by atoms with E-state index in [1.54, 1.807) is 6.20 Å². The lowest BCUT2D eigenvalue weighted by Crippen LogP contribution is -2.02. The number of rotatable bonds is 4. The van der Waals surface area contributed by atoms with Crippen molar-refractivity contribution in [1.82, 2.24) is 18.5 Å². The van der Waals surface area contributed by atoms with Crippen LogP contribution < -0.4 is 5.32 Å². The SMILES string of the molecule is CCNc1nsnc1-c1ccnn1CC. The molecule has 0 aliphatic heterocycles. The number of aryl methyl sites for hydroxylation is 1. The second-order valence-corrected chi connectivity index (χ2v) is 3.55. The van der Waals surface area contributed by atoms with E-state index in [9.17, 15) is 0 Å². The normalized spacial score (nSPS) is 10.5. The average Bonchev–Trinajstić information content (AvgIpc) is 2.84. The molecule has 2 aromatic heterocycles. The first-order valence-corrected chi connectivity index (χ1v) is 5.68. The Hall–Kier alpha value is -1.43. The highest BCUT2D eigenvalue weighted by Gasteiger charge is 2.13. The van der Waals surface area contributed by atoms with Gasteiger partial charge in [-0.15, -0.1) is 0 Å². The molecule has 0 amide bonds. The zero-order valence-corrected chi connectivity index (χ0v) is 9.58. The third kappa shape index (κ3) is 1.85. The highest BCUT2D eigenvalue weighted by atomic mass is 32.1. The van der Waals surface area contributed by atoms with E-state index in [4.69, 9.17) is 0 Å². The Morgan fingerprint density at radius 2 is 2.27 bits per heavy atom. The van der Waals surface area contributed by atoms with Crippen molar-refractivity contribution >= 4 is 17.5 Å². The van der Waals surface area contributed by atoms with Gasteiger partial charge in [0.2, 0.25) is 0 Å². The molecule has 2 rings (SSSR count). The first-order chi connectivity index (χ1) is 7.36. The van der Waals surface area contributed by atoms with E-state index in [1.165, 1.54) is 11.7 Å². The van der Waals surface area contributed by atoms with E-state index in [-0.39, 0.29) is 0 Å². The quantitative estimate of drug-likeness (QED) is 0.859. The van der Waals surface area contributed by atoms with Gasteiger partial charge in [-0.1, -0.05) is 0 Å². The summed E-state index contributed by atoms with van der Waals surface area (Å²) in [7, 11) is 0. The first kappa shape index (κ1) is 10.1. The Bertz CT molecular complexity index is 433. The van der Waals surface area contributed by atoms with Crippen LogP contribution in [-0.2, 0) is 6.54 Å². The fourth-order valence-electron chi connectivity index (χ4n) is 1.43. The molecule has 1 N–H and O–H groups in total. The lowest BCUT2D eigenvalue weighted by atomic mass is 10.3. The third-order valence-corrected chi connectivity index (χ3v) is 2.62. The Morgan fingerprint density at radius 1 is 1.40 bits per heavy atom.